The van der Waals surface area contributed by atoms with Crippen LogP contribution in [-0.2, 0) is 5.41 Å². The lowest BCUT2D eigenvalue weighted by atomic mass is 9.92. The fraction of sp³-hybridized carbons (Fsp3) is 0.238. The molecule has 0 radical (unpaired) electrons. The van der Waals surface area contributed by atoms with Crippen molar-refractivity contribution in [1.29, 1.82) is 0 Å². The Balaban J connectivity index is 1.96. The zero-order valence-corrected chi connectivity index (χ0v) is 18.1. The van der Waals surface area contributed by atoms with E-state index in [0.29, 0.717) is 28.0 Å². The number of hydrogen-bond acceptors (Lipinski definition) is 3. The van der Waals surface area contributed by atoms with E-state index < -0.39 is 6.03 Å². The molecule has 8 heteroatoms. The molecule has 0 saturated carbocycles. The van der Waals surface area contributed by atoms with Crippen molar-refractivity contribution >= 4 is 40.7 Å². The molecule has 0 aliphatic heterocycles. The average Bonchev–Trinajstić information content (AvgIpc) is 3.09. The summed E-state index contributed by atoms with van der Waals surface area (Å²) < 4.78 is 7.11. The number of rotatable bonds is 4. The lowest BCUT2D eigenvalue weighted by molar-refractivity contribution is 0.262. The maximum Gasteiger partial charge on any atom is 0.324 e. The highest BCUT2D eigenvalue weighted by Gasteiger charge is 2.23. The van der Waals surface area contributed by atoms with Gasteiger partial charge in [0.25, 0.3) is 0 Å². The summed E-state index contributed by atoms with van der Waals surface area (Å²) in [6, 6.07) is 13.9. The van der Waals surface area contributed by atoms with E-state index in [9.17, 15) is 4.79 Å². The molecule has 2 N–H and O–H groups in total. The van der Waals surface area contributed by atoms with Crippen LogP contribution >= 0.6 is 23.2 Å². The van der Waals surface area contributed by atoms with Crippen LogP contribution in [-0.4, -0.2) is 22.9 Å². The number of nitrogens with zero attached hydrogens (tertiary/aromatic N) is 2. The molecule has 29 heavy (non-hydrogen) atoms. The van der Waals surface area contributed by atoms with Crippen LogP contribution in [0.2, 0.25) is 10.0 Å². The van der Waals surface area contributed by atoms with E-state index in [0.717, 1.165) is 5.69 Å². The summed E-state index contributed by atoms with van der Waals surface area (Å²) in [5, 5.41) is 10.9. The number of benzene rings is 2. The lowest BCUT2D eigenvalue weighted by Crippen LogP contribution is -2.21. The van der Waals surface area contributed by atoms with Crippen LogP contribution in [0.1, 0.15) is 26.5 Å². The van der Waals surface area contributed by atoms with Crippen LogP contribution in [0.5, 0.6) is 5.75 Å². The molecule has 152 valence electrons. The predicted molar refractivity (Wildman–Crippen MR) is 118 cm³/mol. The second-order valence-corrected chi connectivity index (χ2v) is 8.21. The number of ether oxygens (including phenoxy) is 1. The zero-order chi connectivity index (χ0) is 21.2. The standard InChI is InChI=1S/C21H22Cl2N4O2/c1-21(2,3)17-12-18(27(26-17)15-10-5-6-11-16(15)29-4)25-20(28)24-14-9-7-8-13(22)19(14)23/h5-12H,1-4H3,(H2,24,25,28). The topological polar surface area (TPSA) is 68.2 Å². The second kappa shape index (κ2) is 8.35. The van der Waals surface area contributed by atoms with Gasteiger partial charge in [0.15, 0.2) is 0 Å². The molecule has 2 aromatic carbocycles. The number of nitrogens with one attached hydrogen (secondary N) is 2. The summed E-state index contributed by atoms with van der Waals surface area (Å²) in [6.45, 7) is 6.16. The molecule has 0 spiro atoms. The van der Waals surface area contributed by atoms with Gasteiger partial charge in [-0.2, -0.15) is 5.10 Å². The first-order chi connectivity index (χ1) is 13.7. The third-order valence-corrected chi connectivity index (χ3v) is 5.05. The zero-order valence-electron chi connectivity index (χ0n) is 16.6. The van der Waals surface area contributed by atoms with Gasteiger partial charge in [0.05, 0.1) is 28.5 Å². The van der Waals surface area contributed by atoms with E-state index in [1.165, 1.54) is 0 Å². The van der Waals surface area contributed by atoms with Crippen molar-refractivity contribution in [3.63, 3.8) is 0 Å². The fourth-order valence-electron chi connectivity index (χ4n) is 2.70. The number of carbonyl (C=O) groups is 1. The average molecular weight is 433 g/mol. The van der Waals surface area contributed by atoms with Crippen LogP contribution in [0.15, 0.2) is 48.5 Å². The highest BCUT2D eigenvalue weighted by Crippen LogP contribution is 2.31. The van der Waals surface area contributed by atoms with E-state index in [-0.39, 0.29) is 10.4 Å². The quantitative estimate of drug-likeness (QED) is 0.520. The number of urea groups is 1. The largest absolute Gasteiger partial charge is 0.494 e. The minimum Gasteiger partial charge on any atom is -0.494 e. The molecular formula is C21H22Cl2N4O2. The summed E-state index contributed by atoms with van der Waals surface area (Å²) >= 11 is 12.2. The number of methoxy groups -OCH3 is 1. The van der Waals surface area contributed by atoms with E-state index in [2.05, 4.69) is 31.4 Å². The maximum absolute atomic E-state index is 12.6. The van der Waals surface area contributed by atoms with Gasteiger partial charge in [-0.25, -0.2) is 9.48 Å². The predicted octanol–water partition coefficient (Wildman–Crippen LogP) is 6.13. The van der Waals surface area contributed by atoms with Crippen molar-refractivity contribution in [2.45, 2.75) is 26.2 Å². The molecule has 2 amide bonds. The Morgan fingerprint density at radius 3 is 2.48 bits per heavy atom. The Labute approximate surface area is 179 Å². The summed E-state index contributed by atoms with van der Waals surface area (Å²) in [5.74, 6) is 1.13. The normalized spacial score (nSPS) is 11.2. The first-order valence-electron chi connectivity index (χ1n) is 8.96. The summed E-state index contributed by atoms with van der Waals surface area (Å²) in [4.78, 5) is 12.6. The van der Waals surface area contributed by atoms with E-state index in [4.69, 9.17) is 33.0 Å². The molecule has 1 heterocycles. The van der Waals surface area contributed by atoms with Gasteiger partial charge in [-0.1, -0.05) is 62.2 Å². The van der Waals surface area contributed by atoms with Crippen molar-refractivity contribution < 1.29 is 9.53 Å². The molecule has 3 aromatic rings. The Morgan fingerprint density at radius 1 is 1.07 bits per heavy atom. The van der Waals surface area contributed by atoms with Crippen LogP contribution in [0.3, 0.4) is 0 Å². The highest BCUT2D eigenvalue weighted by atomic mass is 35.5. The number of aromatic nitrogens is 2. The van der Waals surface area contributed by atoms with Crippen molar-refractivity contribution in [1.82, 2.24) is 9.78 Å². The number of halogens is 2. The molecule has 1 aromatic heterocycles. The molecule has 0 atom stereocenters. The van der Waals surface area contributed by atoms with E-state index in [1.54, 1.807) is 30.0 Å². The van der Waals surface area contributed by atoms with Gasteiger partial charge in [0, 0.05) is 11.5 Å². The monoisotopic (exact) mass is 432 g/mol. The Hall–Kier alpha value is -2.70. The number of para-hydroxylation sites is 2. The highest BCUT2D eigenvalue weighted by molar-refractivity contribution is 6.44. The molecule has 0 fully saturated rings. The minimum atomic E-state index is -0.467. The van der Waals surface area contributed by atoms with E-state index in [1.807, 2.05) is 30.3 Å². The van der Waals surface area contributed by atoms with Crippen molar-refractivity contribution in [2.24, 2.45) is 0 Å². The van der Waals surface area contributed by atoms with Gasteiger partial charge in [0.1, 0.15) is 17.3 Å². The molecule has 0 saturated heterocycles. The maximum atomic E-state index is 12.6. The fourth-order valence-corrected chi connectivity index (χ4v) is 3.04. The molecule has 3 rings (SSSR count). The van der Waals surface area contributed by atoms with E-state index >= 15 is 0 Å². The Bertz CT molecular complexity index is 1040. The van der Waals surface area contributed by atoms with Crippen LogP contribution in [0.25, 0.3) is 5.69 Å². The van der Waals surface area contributed by atoms with Crippen LogP contribution in [0, 0.1) is 0 Å². The SMILES string of the molecule is COc1ccccc1-n1nc(C(C)(C)C)cc1NC(=O)Nc1cccc(Cl)c1Cl. The first kappa shape index (κ1) is 21.0. The van der Waals surface area contributed by atoms with Gasteiger partial charge in [0.2, 0.25) is 0 Å². The minimum absolute atomic E-state index is 0.212. The molecule has 0 bridgehead atoms. The molecule has 6 nitrogen and oxygen atoms in total. The van der Waals surface area contributed by atoms with Crippen LogP contribution < -0.4 is 15.4 Å². The van der Waals surface area contributed by atoms with Crippen LogP contribution in [0.4, 0.5) is 16.3 Å². The smallest absolute Gasteiger partial charge is 0.324 e. The molecule has 0 aliphatic carbocycles. The van der Waals surface area contributed by atoms with Gasteiger partial charge in [-0.3, -0.25) is 5.32 Å². The summed E-state index contributed by atoms with van der Waals surface area (Å²) in [6.07, 6.45) is 0. The molecular weight excluding hydrogens is 411 g/mol. The van der Waals surface area contributed by atoms with Crippen molar-refractivity contribution in [3.05, 3.63) is 64.3 Å². The molecule has 0 unspecified atom stereocenters. The van der Waals surface area contributed by atoms with Gasteiger partial charge >= 0.3 is 6.03 Å². The first-order valence-corrected chi connectivity index (χ1v) is 9.72. The van der Waals surface area contributed by atoms with Gasteiger partial charge in [-0.05, 0) is 24.3 Å². The molecule has 0 aliphatic rings. The number of amides is 2. The lowest BCUT2D eigenvalue weighted by Gasteiger charge is -2.14. The Kier molecular flexibility index (Phi) is 6.05. The second-order valence-electron chi connectivity index (χ2n) is 7.43. The number of hydrogen-bond donors (Lipinski definition) is 2. The van der Waals surface area contributed by atoms with Gasteiger partial charge < -0.3 is 10.1 Å². The summed E-state index contributed by atoms with van der Waals surface area (Å²) in [5.41, 5.74) is 1.73. The van der Waals surface area contributed by atoms with Crippen molar-refractivity contribution in [2.75, 3.05) is 17.7 Å². The summed E-state index contributed by atoms with van der Waals surface area (Å²) in [7, 11) is 1.59. The number of carbonyl (C=O) groups excluding carboxylic acids is 1. The third-order valence-electron chi connectivity index (χ3n) is 4.23. The van der Waals surface area contributed by atoms with Gasteiger partial charge in [-0.15, -0.1) is 0 Å². The third kappa shape index (κ3) is 4.66. The Morgan fingerprint density at radius 2 is 1.79 bits per heavy atom. The van der Waals surface area contributed by atoms with Crippen molar-refractivity contribution in [3.8, 4) is 11.4 Å². The number of anilines is 2.